The van der Waals surface area contributed by atoms with E-state index in [1.165, 1.54) is 25.1 Å². The van der Waals surface area contributed by atoms with Gasteiger partial charge in [-0.15, -0.1) is 0 Å². The Morgan fingerprint density at radius 3 is 2.67 bits per heavy atom. The normalized spacial score (nSPS) is 9.52. The second-order valence-corrected chi connectivity index (χ2v) is 5.31. The smallest absolute Gasteiger partial charge is 0.282 e. The summed E-state index contributed by atoms with van der Waals surface area (Å²) in [7, 11) is 0. The molecule has 2 N–H and O–H groups in total. The topological polar surface area (TPSA) is 111 Å². The van der Waals surface area contributed by atoms with E-state index in [-0.39, 0.29) is 30.3 Å². The molecule has 0 saturated heterocycles. The molecule has 8 nitrogen and oxygen atoms in total. The lowest BCUT2D eigenvalue weighted by molar-refractivity contribution is -0.385. The van der Waals surface area contributed by atoms with E-state index < -0.39 is 10.8 Å². The van der Waals surface area contributed by atoms with Crippen molar-refractivity contribution in [2.24, 2.45) is 0 Å². The highest BCUT2D eigenvalue weighted by Gasteiger charge is 2.18. The molecule has 0 radical (unpaired) electrons. The number of nitrogens with zero attached hydrogens (tertiary/aromatic N) is 1. The molecule has 0 bridgehead atoms. The van der Waals surface area contributed by atoms with Crippen LogP contribution in [-0.2, 0) is 4.79 Å². The van der Waals surface area contributed by atoms with E-state index in [4.69, 9.17) is 4.74 Å². The molecule has 2 rings (SSSR count). The molecule has 0 fully saturated rings. The quantitative estimate of drug-likeness (QED) is 0.463. The Hall–Kier alpha value is -3.86. The Morgan fingerprint density at radius 2 is 1.93 bits per heavy atom. The number of hydrogen-bond acceptors (Lipinski definition) is 5. The number of carbonyl (C=O) groups is 2. The number of nitro groups is 1. The summed E-state index contributed by atoms with van der Waals surface area (Å²) in [5, 5.41) is 16.1. The fourth-order valence-corrected chi connectivity index (χ4v) is 2.14. The van der Waals surface area contributed by atoms with Crippen LogP contribution in [0.5, 0.6) is 5.75 Å². The van der Waals surface area contributed by atoms with Crippen LogP contribution in [0.25, 0.3) is 0 Å². The van der Waals surface area contributed by atoms with Gasteiger partial charge in [-0.3, -0.25) is 19.7 Å². The van der Waals surface area contributed by atoms with Crippen LogP contribution < -0.4 is 15.4 Å². The van der Waals surface area contributed by atoms with E-state index in [9.17, 15) is 19.7 Å². The van der Waals surface area contributed by atoms with Crippen molar-refractivity contribution in [1.82, 2.24) is 5.32 Å². The summed E-state index contributed by atoms with van der Waals surface area (Å²) in [6.07, 6.45) is 0. The van der Waals surface area contributed by atoms with Gasteiger partial charge in [0, 0.05) is 24.7 Å². The van der Waals surface area contributed by atoms with Gasteiger partial charge in [-0.25, -0.2) is 0 Å². The zero-order valence-corrected chi connectivity index (χ0v) is 14.5. The van der Waals surface area contributed by atoms with Crippen molar-refractivity contribution in [1.29, 1.82) is 0 Å². The number of anilines is 1. The van der Waals surface area contributed by atoms with Crippen molar-refractivity contribution in [3.63, 3.8) is 0 Å². The molecule has 0 aliphatic heterocycles. The van der Waals surface area contributed by atoms with Gasteiger partial charge in [0.1, 0.15) is 17.9 Å². The van der Waals surface area contributed by atoms with E-state index in [0.29, 0.717) is 11.4 Å². The molecule has 0 aliphatic carbocycles. The molecule has 0 aromatic heterocycles. The fraction of sp³-hybridized carbons (Fsp3) is 0.158. The summed E-state index contributed by atoms with van der Waals surface area (Å²) >= 11 is 0. The molecule has 138 valence electrons. The average molecular weight is 367 g/mol. The predicted molar refractivity (Wildman–Crippen MR) is 99.4 cm³/mol. The molecule has 27 heavy (non-hydrogen) atoms. The summed E-state index contributed by atoms with van der Waals surface area (Å²) < 4.78 is 5.44. The van der Waals surface area contributed by atoms with Crippen LogP contribution in [-0.4, -0.2) is 29.9 Å². The first-order valence-electron chi connectivity index (χ1n) is 7.95. The summed E-state index contributed by atoms with van der Waals surface area (Å²) in [4.78, 5) is 33.3. The Labute approximate surface area is 155 Å². The number of nitrogens with one attached hydrogen (secondary N) is 2. The molecule has 2 aromatic rings. The number of ether oxygens (including phenoxy) is 1. The molecule has 8 heteroatoms. The number of para-hydroxylation sites is 1. The third-order valence-corrected chi connectivity index (χ3v) is 3.27. The zero-order chi connectivity index (χ0) is 19.6. The van der Waals surface area contributed by atoms with E-state index in [0.717, 1.165) is 0 Å². The molecule has 0 aliphatic rings. The molecule has 0 saturated carbocycles. The highest BCUT2D eigenvalue weighted by molar-refractivity contribution is 5.98. The van der Waals surface area contributed by atoms with Crippen LogP contribution in [0.2, 0.25) is 0 Å². The van der Waals surface area contributed by atoms with Gasteiger partial charge in [-0.2, -0.15) is 0 Å². The van der Waals surface area contributed by atoms with Gasteiger partial charge < -0.3 is 15.4 Å². The predicted octanol–water partition coefficient (Wildman–Crippen LogP) is 2.37. The van der Waals surface area contributed by atoms with Gasteiger partial charge >= 0.3 is 0 Å². The van der Waals surface area contributed by atoms with Gasteiger partial charge in [-0.05, 0) is 18.2 Å². The van der Waals surface area contributed by atoms with Gasteiger partial charge in [0.05, 0.1) is 11.5 Å². The third-order valence-electron chi connectivity index (χ3n) is 3.27. The Bertz CT molecular complexity index is 915. The van der Waals surface area contributed by atoms with Gasteiger partial charge in [0.2, 0.25) is 5.91 Å². The van der Waals surface area contributed by atoms with Crippen molar-refractivity contribution in [2.75, 3.05) is 18.5 Å². The Morgan fingerprint density at radius 1 is 1.15 bits per heavy atom. The number of benzene rings is 2. The van der Waals surface area contributed by atoms with Crippen LogP contribution in [0.3, 0.4) is 0 Å². The summed E-state index contributed by atoms with van der Waals surface area (Å²) in [5.74, 6) is 5.23. The first-order chi connectivity index (χ1) is 13.0. The third kappa shape index (κ3) is 6.17. The highest BCUT2D eigenvalue weighted by Crippen LogP contribution is 2.17. The highest BCUT2D eigenvalue weighted by atomic mass is 16.6. The van der Waals surface area contributed by atoms with Gasteiger partial charge in [-0.1, -0.05) is 30.0 Å². The number of hydrogen-bond donors (Lipinski definition) is 2. The number of amides is 2. The van der Waals surface area contributed by atoms with Crippen molar-refractivity contribution in [2.45, 2.75) is 6.92 Å². The minimum atomic E-state index is -0.608. The Balaban J connectivity index is 1.82. The Kier molecular flexibility index (Phi) is 6.91. The van der Waals surface area contributed by atoms with E-state index in [2.05, 4.69) is 22.5 Å². The first-order valence-corrected chi connectivity index (χ1v) is 7.95. The lowest BCUT2D eigenvalue weighted by Gasteiger charge is -2.05. The van der Waals surface area contributed by atoms with Crippen LogP contribution in [0.15, 0.2) is 48.5 Å². The van der Waals surface area contributed by atoms with Crippen LogP contribution >= 0.6 is 0 Å². The van der Waals surface area contributed by atoms with Crippen molar-refractivity contribution in [3.05, 3.63) is 64.2 Å². The van der Waals surface area contributed by atoms with Crippen molar-refractivity contribution >= 4 is 23.2 Å². The van der Waals surface area contributed by atoms with Crippen molar-refractivity contribution < 1.29 is 19.2 Å². The van der Waals surface area contributed by atoms with Crippen LogP contribution in [0.4, 0.5) is 11.4 Å². The molecular formula is C19H17N3O5. The van der Waals surface area contributed by atoms with Crippen LogP contribution in [0.1, 0.15) is 17.3 Å². The zero-order valence-electron chi connectivity index (χ0n) is 14.5. The second kappa shape index (κ2) is 9.58. The minimum Gasteiger partial charge on any atom is -0.481 e. The lowest BCUT2D eigenvalue weighted by Crippen LogP contribution is -2.24. The van der Waals surface area contributed by atoms with Crippen LogP contribution in [0, 0.1) is 22.0 Å². The summed E-state index contributed by atoms with van der Waals surface area (Å²) in [6.45, 7) is 1.53. The SMILES string of the molecule is CC(=O)Nc1cccc(OCC#CCNC(=O)c2ccccc2[N+](=O)[O-])c1. The first kappa shape index (κ1) is 19.5. The fourth-order valence-electron chi connectivity index (χ4n) is 2.14. The molecule has 2 amide bonds. The monoisotopic (exact) mass is 367 g/mol. The molecule has 0 unspecified atom stereocenters. The maximum absolute atomic E-state index is 12.0. The molecule has 0 spiro atoms. The van der Waals surface area contributed by atoms with Gasteiger partial charge in [0.15, 0.2) is 0 Å². The maximum atomic E-state index is 12.0. The number of rotatable bonds is 6. The second-order valence-electron chi connectivity index (χ2n) is 5.31. The lowest BCUT2D eigenvalue weighted by atomic mass is 10.1. The van der Waals surface area contributed by atoms with E-state index >= 15 is 0 Å². The van der Waals surface area contributed by atoms with Crippen molar-refractivity contribution in [3.8, 4) is 17.6 Å². The van der Waals surface area contributed by atoms with Gasteiger partial charge in [0.25, 0.3) is 11.6 Å². The molecule has 2 aromatic carbocycles. The van der Waals surface area contributed by atoms with E-state index in [1.54, 1.807) is 30.3 Å². The minimum absolute atomic E-state index is 0.0182. The standard InChI is InChI=1S/C19H17N3O5/c1-14(23)21-15-7-6-8-16(13-15)27-12-5-4-11-20-19(24)17-9-2-3-10-18(17)22(25)26/h2-3,6-10,13H,11-12H2,1H3,(H,20,24)(H,21,23). The summed E-state index contributed by atoms with van der Waals surface area (Å²) in [6, 6.07) is 12.6. The molecule has 0 heterocycles. The number of carbonyl (C=O) groups excluding carboxylic acids is 2. The largest absolute Gasteiger partial charge is 0.481 e. The summed E-state index contributed by atoms with van der Waals surface area (Å²) in [5.41, 5.74) is 0.338. The molecular weight excluding hydrogens is 350 g/mol. The number of nitro benzene ring substituents is 1. The maximum Gasteiger partial charge on any atom is 0.282 e. The average Bonchev–Trinajstić information content (AvgIpc) is 2.64. The van der Waals surface area contributed by atoms with E-state index in [1.807, 2.05) is 0 Å². The molecule has 0 atom stereocenters.